The van der Waals surface area contributed by atoms with Crippen molar-refractivity contribution in [1.82, 2.24) is 0 Å². The van der Waals surface area contributed by atoms with Gasteiger partial charge >= 0.3 is 12.4 Å². The van der Waals surface area contributed by atoms with Gasteiger partial charge in [0.25, 0.3) is 5.24 Å². The summed E-state index contributed by atoms with van der Waals surface area (Å²) in [6.07, 6.45) is -11.4. The second kappa shape index (κ2) is 5.75. The van der Waals surface area contributed by atoms with E-state index in [1.807, 2.05) is 0 Å². The van der Waals surface area contributed by atoms with E-state index in [1.165, 1.54) is 0 Å². The highest BCUT2D eigenvalue weighted by molar-refractivity contribution is 6.68. The average Bonchev–Trinajstić information content (AvgIpc) is 2.06. The van der Waals surface area contributed by atoms with Crippen LogP contribution in [0.25, 0.3) is 0 Å². The lowest BCUT2D eigenvalue weighted by Crippen LogP contribution is -2.25. The summed E-state index contributed by atoms with van der Waals surface area (Å²) in [5.41, 5.74) is -5.02. The van der Waals surface area contributed by atoms with Gasteiger partial charge in [0.1, 0.15) is 5.57 Å². The highest BCUT2D eigenvalue weighted by Crippen LogP contribution is 2.38. The molecule has 0 aromatic rings. The van der Waals surface area contributed by atoms with Gasteiger partial charge < -0.3 is 0 Å². The summed E-state index contributed by atoms with van der Waals surface area (Å²) in [7, 11) is 0. The number of carbonyl (C=O) groups is 2. The number of allylic oxidation sites excluding steroid dienone is 4. The van der Waals surface area contributed by atoms with Gasteiger partial charge in [-0.05, 0) is 35.4 Å². The minimum absolute atomic E-state index is 0.0238. The largest absolute Gasteiger partial charge is 0.421 e. The van der Waals surface area contributed by atoms with Gasteiger partial charge in [-0.2, -0.15) is 26.3 Å². The van der Waals surface area contributed by atoms with E-state index in [0.29, 0.717) is 0 Å². The van der Waals surface area contributed by atoms with Gasteiger partial charge in [-0.25, -0.2) is 0 Å². The summed E-state index contributed by atoms with van der Waals surface area (Å²) in [5.74, 6) is 0. The first-order valence-corrected chi connectivity index (χ1v) is 4.59. The van der Waals surface area contributed by atoms with Gasteiger partial charge in [0.15, 0.2) is 0 Å². The Morgan fingerprint density at radius 1 is 0.833 bits per heavy atom. The van der Waals surface area contributed by atoms with Crippen LogP contribution in [0.4, 0.5) is 26.3 Å². The Hall–Kier alpha value is -1.02. The van der Waals surface area contributed by atoms with E-state index in [9.17, 15) is 35.9 Å². The number of halogens is 8. The molecule has 18 heavy (non-hydrogen) atoms. The predicted molar refractivity (Wildman–Crippen MR) is 50.0 cm³/mol. The Morgan fingerprint density at radius 3 is 1.50 bits per heavy atom. The Kier molecular flexibility index (Phi) is 5.42. The molecule has 0 saturated carbocycles. The minimum atomic E-state index is -5.62. The summed E-state index contributed by atoms with van der Waals surface area (Å²) in [6, 6.07) is 0. The van der Waals surface area contributed by atoms with E-state index >= 15 is 0 Å². The van der Waals surface area contributed by atoms with Crippen LogP contribution in [0.3, 0.4) is 0 Å². The molecule has 0 bridgehead atoms. The lowest BCUT2D eigenvalue weighted by atomic mass is 10.1. The maximum absolute atomic E-state index is 12.3. The van der Waals surface area contributed by atoms with Crippen LogP contribution in [-0.4, -0.2) is 22.8 Å². The summed E-state index contributed by atoms with van der Waals surface area (Å²) >= 11 is 9.13. The molecule has 0 N–H and O–H groups in total. The third kappa shape index (κ3) is 5.09. The summed E-state index contributed by atoms with van der Waals surface area (Å²) in [4.78, 5) is 20.7. The van der Waals surface area contributed by atoms with Gasteiger partial charge in [0.05, 0.1) is 5.57 Å². The zero-order chi connectivity index (χ0) is 14.7. The maximum Gasteiger partial charge on any atom is 0.421 e. The molecule has 0 rings (SSSR count). The Balaban J connectivity index is 6.07. The molecule has 0 aliphatic heterocycles. The first-order valence-electron chi connectivity index (χ1n) is 3.83. The molecular weight excluding hydrogens is 313 g/mol. The highest BCUT2D eigenvalue weighted by atomic mass is 35.5. The molecule has 0 amide bonds. The molecule has 10 heteroatoms. The molecule has 0 aromatic carbocycles. The zero-order valence-electron chi connectivity index (χ0n) is 7.99. The van der Waals surface area contributed by atoms with Crippen molar-refractivity contribution in [1.29, 1.82) is 0 Å². The first-order chi connectivity index (χ1) is 7.87. The predicted octanol–water partition coefficient (Wildman–Crippen LogP) is 3.49. The zero-order valence-corrected chi connectivity index (χ0v) is 9.51. The van der Waals surface area contributed by atoms with Crippen LogP contribution in [0.5, 0.6) is 0 Å². The lowest BCUT2D eigenvalue weighted by Gasteiger charge is -2.14. The van der Waals surface area contributed by atoms with E-state index in [4.69, 9.17) is 0 Å². The summed E-state index contributed by atoms with van der Waals surface area (Å²) in [5, 5.41) is -3.79. The van der Waals surface area contributed by atoms with E-state index in [2.05, 4.69) is 23.2 Å². The summed E-state index contributed by atoms with van der Waals surface area (Å²) < 4.78 is 73.8. The van der Waals surface area contributed by atoms with Crippen molar-refractivity contribution < 1.29 is 35.9 Å². The average molecular weight is 315 g/mol. The van der Waals surface area contributed by atoms with Crippen LogP contribution < -0.4 is 0 Å². The fourth-order valence-electron chi connectivity index (χ4n) is 0.838. The van der Waals surface area contributed by atoms with Crippen LogP contribution in [0.15, 0.2) is 23.3 Å². The second-order valence-electron chi connectivity index (χ2n) is 2.70. The van der Waals surface area contributed by atoms with Gasteiger partial charge in [-0.3, -0.25) is 9.59 Å². The fourth-order valence-corrected chi connectivity index (χ4v) is 1.11. The number of carbonyl (C=O) groups excluding carboxylic acids is 2. The third-order valence-corrected chi connectivity index (χ3v) is 1.75. The summed E-state index contributed by atoms with van der Waals surface area (Å²) in [6.45, 7) is 0. The third-order valence-electron chi connectivity index (χ3n) is 1.44. The molecule has 102 valence electrons. The van der Waals surface area contributed by atoms with Crippen molar-refractivity contribution in [3.8, 4) is 0 Å². The van der Waals surface area contributed by atoms with Crippen LogP contribution in [0.1, 0.15) is 0 Å². The van der Waals surface area contributed by atoms with Crippen LogP contribution in [0, 0.1) is 0 Å². The highest BCUT2D eigenvalue weighted by Gasteiger charge is 2.47. The van der Waals surface area contributed by atoms with Crippen molar-refractivity contribution in [3.05, 3.63) is 23.3 Å². The molecule has 0 atom stereocenters. The van der Waals surface area contributed by atoms with Crippen molar-refractivity contribution in [2.45, 2.75) is 12.4 Å². The molecule has 0 aliphatic carbocycles. The quantitative estimate of drug-likeness (QED) is 0.346. The standard InChI is InChI=1S/C8H2Cl2F6O2/c9-4(17)2-1-3(7(11,12)13)5(6(10)18)8(14,15)16/h1-2H. The topological polar surface area (TPSA) is 34.1 Å². The Morgan fingerprint density at radius 2 is 1.28 bits per heavy atom. The number of hydrogen-bond donors (Lipinski definition) is 0. The van der Waals surface area contributed by atoms with E-state index in [-0.39, 0.29) is 12.2 Å². The van der Waals surface area contributed by atoms with E-state index in [0.717, 1.165) is 0 Å². The lowest BCUT2D eigenvalue weighted by molar-refractivity contribution is -0.129. The molecule has 0 saturated heterocycles. The van der Waals surface area contributed by atoms with Crippen molar-refractivity contribution in [2.24, 2.45) is 0 Å². The maximum atomic E-state index is 12.3. The fraction of sp³-hybridized carbons (Fsp3) is 0.250. The monoisotopic (exact) mass is 314 g/mol. The SMILES string of the molecule is O=C(Cl)C=CC(=C(C(=O)Cl)C(F)(F)F)C(F)(F)F. The smallest absolute Gasteiger partial charge is 0.276 e. The molecule has 0 spiro atoms. The number of hydrogen-bond acceptors (Lipinski definition) is 2. The van der Waals surface area contributed by atoms with Crippen LogP contribution >= 0.6 is 23.2 Å². The van der Waals surface area contributed by atoms with Crippen molar-refractivity contribution >= 4 is 33.7 Å². The first kappa shape index (κ1) is 17.0. The molecule has 0 heterocycles. The minimum Gasteiger partial charge on any atom is -0.276 e. The van der Waals surface area contributed by atoms with Gasteiger partial charge in [-0.1, -0.05) is 0 Å². The van der Waals surface area contributed by atoms with E-state index in [1.54, 1.807) is 0 Å². The van der Waals surface area contributed by atoms with Gasteiger partial charge in [-0.15, -0.1) is 0 Å². The molecule has 2 nitrogen and oxygen atoms in total. The Bertz CT molecular complexity index is 418. The van der Waals surface area contributed by atoms with Gasteiger partial charge in [0, 0.05) is 0 Å². The van der Waals surface area contributed by atoms with Crippen LogP contribution in [0.2, 0.25) is 0 Å². The van der Waals surface area contributed by atoms with Crippen molar-refractivity contribution in [3.63, 3.8) is 0 Å². The molecular formula is C8H2Cl2F6O2. The van der Waals surface area contributed by atoms with Crippen molar-refractivity contribution in [2.75, 3.05) is 0 Å². The normalized spacial score (nSPS) is 14.7. The molecule has 0 aliphatic rings. The molecule has 0 radical (unpaired) electrons. The van der Waals surface area contributed by atoms with E-state index < -0.39 is 34.0 Å². The Labute approximate surface area is 106 Å². The van der Waals surface area contributed by atoms with Gasteiger partial charge in [0.2, 0.25) is 5.24 Å². The molecule has 0 aromatic heterocycles. The second-order valence-corrected chi connectivity index (χ2v) is 3.41. The number of rotatable bonds is 3. The molecule has 0 unspecified atom stereocenters. The van der Waals surface area contributed by atoms with Crippen LogP contribution in [-0.2, 0) is 9.59 Å². The molecule has 0 fully saturated rings. The number of alkyl halides is 6.